The number of rotatable bonds is 8. The number of hydrogen-bond donors (Lipinski definition) is 1. The number of hydrogen-bond acceptors (Lipinski definition) is 4. The van der Waals surface area contributed by atoms with Crippen molar-refractivity contribution >= 4 is 11.6 Å². The minimum atomic E-state index is -0.471. The highest BCUT2D eigenvalue weighted by atomic mass is 16.5. The van der Waals surface area contributed by atoms with Crippen LogP contribution in [0, 0.1) is 0 Å². The van der Waals surface area contributed by atoms with Crippen LogP contribution >= 0.6 is 0 Å². The second-order valence-electron chi connectivity index (χ2n) is 4.11. The Bertz CT molecular complexity index is 395. The number of carbonyl (C=O) groups excluding carboxylic acids is 1. The van der Waals surface area contributed by atoms with Crippen molar-refractivity contribution < 1.29 is 19.0 Å². The average molecular weight is 267 g/mol. The van der Waals surface area contributed by atoms with Crippen molar-refractivity contribution in [1.29, 1.82) is 0 Å². The smallest absolute Gasteiger partial charge is 0.253 e. The summed E-state index contributed by atoms with van der Waals surface area (Å²) < 4.78 is 15.3. The first kappa shape index (κ1) is 15.6. The maximum atomic E-state index is 11.7. The van der Waals surface area contributed by atoms with Gasteiger partial charge in [0, 0.05) is 19.9 Å². The molecule has 106 valence electrons. The number of ether oxygens (including phenoxy) is 3. The van der Waals surface area contributed by atoms with Crippen molar-refractivity contribution in [3.63, 3.8) is 0 Å². The molecule has 19 heavy (non-hydrogen) atoms. The topological polar surface area (TPSA) is 56.8 Å². The van der Waals surface area contributed by atoms with Crippen LogP contribution in [0.3, 0.4) is 0 Å². The van der Waals surface area contributed by atoms with Gasteiger partial charge in [-0.25, -0.2) is 0 Å². The van der Waals surface area contributed by atoms with Crippen LogP contribution in [0.25, 0.3) is 0 Å². The molecule has 0 heterocycles. The number of nitrogens with one attached hydrogen (secondary N) is 1. The Labute approximate surface area is 113 Å². The van der Waals surface area contributed by atoms with Gasteiger partial charge in [0.15, 0.2) is 0 Å². The molecule has 1 N–H and O–H groups in total. The predicted octanol–water partition coefficient (Wildman–Crippen LogP) is 1.82. The molecule has 5 nitrogen and oxygen atoms in total. The highest BCUT2D eigenvalue weighted by Gasteiger charge is 2.11. The molecule has 5 heteroatoms. The number of benzene rings is 1. The van der Waals surface area contributed by atoms with Gasteiger partial charge in [0.25, 0.3) is 5.91 Å². The van der Waals surface area contributed by atoms with Crippen LogP contribution in [-0.4, -0.2) is 39.4 Å². The molecule has 0 bridgehead atoms. The molecule has 0 fully saturated rings. The van der Waals surface area contributed by atoms with E-state index < -0.39 is 6.10 Å². The van der Waals surface area contributed by atoms with Gasteiger partial charge in [0.1, 0.15) is 6.10 Å². The molecule has 1 aromatic carbocycles. The fraction of sp³-hybridized carbons (Fsp3) is 0.500. The van der Waals surface area contributed by atoms with Crippen molar-refractivity contribution in [2.45, 2.75) is 19.6 Å². The summed E-state index contributed by atoms with van der Waals surface area (Å²) in [5, 5.41) is 2.79. The van der Waals surface area contributed by atoms with Crippen molar-refractivity contribution in [3.8, 4) is 0 Å². The number of carbonyl (C=O) groups is 1. The van der Waals surface area contributed by atoms with Crippen LogP contribution in [0.2, 0.25) is 0 Å². The molecular formula is C14H21NO4. The van der Waals surface area contributed by atoms with Crippen LogP contribution < -0.4 is 5.32 Å². The van der Waals surface area contributed by atoms with E-state index in [1.165, 1.54) is 7.11 Å². The molecular weight excluding hydrogens is 246 g/mol. The fourth-order valence-electron chi connectivity index (χ4n) is 1.42. The summed E-state index contributed by atoms with van der Waals surface area (Å²) in [7, 11) is 3.14. The Hall–Kier alpha value is -1.43. The monoisotopic (exact) mass is 267 g/mol. The van der Waals surface area contributed by atoms with Crippen molar-refractivity contribution in [3.05, 3.63) is 29.8 Å². The highest BCUT2D eigenvalue weighted by Crippen LogP contribution is 2.12. The fourth-order valence-corrected chi connectivity index (χ4v) is 1.42. The summed E-state index contributed by atoms with van der Waals surface area (Å²) in [6, 6.07) is 7.54. The van der Waals surface area contributed by atoms with Crippen LogP contribution in [0.1, 0.15) is 12.5 Å². The molecule has 1 atom stereocenters. The number of amides is 1. The van der Waals surface area contributed by atoms with Crippen LogP contribution in [0.5, 0.6) is 0 Å². The first-order valence-electron chi connectivity index (χ1n) is 6.16. The van der Waals surface area contributed by atoms with Crippen molar-refractivity contribution in [1.82, 2.24) is 0 Å². The molecule has 1 amide bonds. The normalized spacial score (nSPS) is 12.2. The Morgan fingerprint density at radius 1 is 1.32 bits per heavy atom. The van der Waals surface area contributed by atoms with E-state index in [-0.39, 0.29) is 5.91 Å². The maximum absolute atomic E-state index is 11.7. The molecule has 1 aromatic rings. The lowest BCUT2D eigenvalue weighted by molar-refractivity contribution is -0.124. The first-order chi connectivity index (χ1) is 9.17. The van der Waals surface area contributed by atoms with E-state index in [1.54, 1.807) is 14.0 Å². The SMILES string of the molecule is COCCOCc1cccc(NC(=O)C(C)OC)c1. The largest absolute Gasteiger partial charge is 0.382 e. The summed E-state index contributed by atoms with van der Waals surface area (Å²) in [5.41, 5.74) is 1.74. The average Bonchev–Trinajstić information content (AvgIpc) is 2.43. The Morgan fingerprint density at radius 3 is 2.79 bits per heavy atom. The second-order valence-corrected chi connectivity index (χ2v) is 4.11. The van der Waals surface area contributed by atoms with E-state index in [0.717, 1.165) is 11.3 Å². The predicted molar refractivity (Wildman–Crippen MR) is 73.1 cm³/mol. The van der Waals surface area contributed by atoms with Crippen LogP contribution in [0.15, 0.2) is 24.3 Å². The number of anilines is 1. The molecule has 0 spiro atoms. The zero-order valence-electron chi connectivity index (χ0n) is 11.6. The quantitative estimate of drug-likeness (QED) is 0.730. The van der Waals surface area contributed by atoms with Gasteiger partial charge in [-0.05, 0) is 24.6 Å². The third-order valence-electron chi connectivity index (χ3n) is 2.62. The van der Waals surface area contributed by atoms with Gasteiger partial charge < -0.3 is 19.5 Å². The number of methoxy groups -OCH3 is 2. The van der Waals surface area contributed by atoms with Crippen LogP contribution in [0.4, 0.5) is 5.69 Å². The van der Waals surface area contributed by atoms with E-state index in [9.17, 15) is 4.79 Å². The minimum Gasteiger partial charge on any atom is -0.382 e. The lowest BCUT2D eigenvalue weighted by Gasteiger charge is -2.11. The Balaban J connectivity index is 2.49. The van der Waals surface area contributed by atoms with E-state index >= 15 is 0 Å². The molecule has 1 rings (SSSR count). The summed E-state index contributed by atoms with van der Waals surface area (Å²) in [5.74, 6) is -0.167. The molecule has 0 aromatic heterocycles. The lowest BCUT2D eigenvalue weighted by atomic mass is 10.2. The third kappa shape index (κ3) is 5.83. The standard InChI is InChI=1S/C14H21NO4/c1-11(18-3)14(16)15-13-6-4-5-12(9-13)10-19-8-7-17-2/h4-6,9,11H,7-8,10H2,1-3H3,(H,15,16). The molecule has 0 aliphatic heterocycles. The molecule has 0 saturated heterocycles. The summed E-state index contributed by atoms with van der Waals surface area (Å²) in [6.45, 7) is 3.32. The summed E-state index contributed by atoms with van der Waals surface area (Å²) >= 11 is 0. The zero-order chi connectivity index (χ0) is 14.1. The van der Waals surface area contributed by atoms with E-state index in [0.29, 0.717) is 19.8 Å². The highest BCUT2D eigenvalue weighted by molar-refractivity contribution is 5.93. The van der Waals surface area contributed by atoms with E-state index in [4.69, 9.17) is 14.2 Å². The van der Waals surface area contributed by atoms with E-state index in [1.807, 2.05) is 24.3 Å². The lowest BCUT2D eigenvalue weighted by Crippen LogP contribution is -2.26. The molecule has 0 saturated carbocycles. The molecule has 0 radical (unpaired) electrons. The van der Waals surface area contributed by atoms with E-state index in [2.05, 4.69) is 5.32 Å². The van der Waals surface area contributed by atoms with Gasteiger partial charge in [0.2, 0.25) is 0 Å². The molecule has 1 unspecified atom stereocenters. The van der Waals surface area contributed by atoms with Gasteiger partial charge in [-0.1, -0.05) is 12.1 Å². The third-order valence-corrected chi connectivity index (χ3v) is 2.62. The zero-order valence-corrected chi connectivity index (χ0v) is 11.6. The second kappa shape index (κ2) is 8.63. The van der Waals surface area contributed by atoms with Crippen molar-refractivity contribution in [2.75, 3.05) is 32.8 Å². The molecule has 0 aliphatic carbocycles. The summed E-state index contributed by atoms with van der Waals surface area (Å²) in [4.78, 5) is 11.7. The maximum Gasteiger partial charge on any atom is 0.253 e. The van der Waals surface area contributed by atoms with Gasteiger partial charge in [-0.3, -0.25) is 4.79 Å². The van der Waals surface area contributed by atoms with Crippen molar-refractivity contribution in [2.24, 2.45) is 0 Å². The van der Waals surface area contributed by atoms with Gasteiger partial charge in [0.05, 0.1) is 19.8 Å². The Kier molecular flexibility index (Phi) is 7.10. The summed E-state index contributed by atoms with van der Waals surface area (Å²) in [6.07, 6.45) is -0.471. The van der Waals surface area contributed by atoms with Gasteiger partial charge in [-0.15, -0.1) is 0 Å². The first-order valence-corrected chi connectivity index (χ1v) is 6.16. The minimum absolute atomic E-state index is 0.167. The van der Waals surface area contributed by atoms with Gasteiger partial charge >= 0.3 is 0 Å². The Morgan fingerprint density at radius 2 is 2.11 bits per heavy atom. The van der Waals surface area contributed by atoms with Crippen LogP contribution in [-0.2, 0) is 25.6 Å². The molecule has 0 aliphatic rings. The van der Waals surface area contributed by atoms with Gasteiger partial charge in [-0.2, -0.15) is 0 Å².